The molecule has 1 aliphatic heterocycles. The van der Waals surface area contributed by atoms with Crippen molar-refractivity contribution in [3.05, 3.63) is 53.4 Å². The number of benzene rings is 1. The standard InChI is InChI=1S/C14H15FN2/c15-12-5-3-4-11(8-12)9-13-10-17-7-2-1-6-14(17)16-13/h3-5,8,10H,1-2,6-7,9H2. The lowest BCUT2D eigenvalue weighted by molar-refractivity contribution is 0.522. The van der Waals surface area contributed by atoms with E-state index in [9.17, 15) is 4.39 Å². The average molecular weight is 230 g/mol. The molecule has 3 heteroatoms. The van der Waals surface area contributed by atoms with E-state index in [1.54, 1.807) is 12.1 Å². The Kier molecular flexibility index (Phi) is 2.67. The van der Waals surface area contributed by atoms with Crippen LogP contribution in [0.3, 0.4) is 0 Å². The summed E-state index contributed by atoms with van der Waals surface area (Å²) in [4.78, 5) is 4.62. The molecule has 2 heterocycles. The van der Waals surface area contributed by atoms with Gasteiger partial charge in [-0.25, -0.2) is 9.37 Å². The number of fused-ring (bicyclic) bond motifs is 1. The van der Waals surface area contributed by atoms with Gasteiger partial charge in [0.25, 0.3) is 0 Å². The number of aryl methyl sites for hydroxylation is 2. The molecular formula is C14H15FN2. The van der Waals surface area contributed by atoms with Gasteiger partial charge in [0.1, 0.15) is 11.6 Å². The lowest BCUT2D eigenvalue weighted by Gasteiger charge is -2.11. The molecule has 1 aliphatic rings. The molecule has 0 fully saturated rings. The molecule has 0 saturated carbocycles. The second-order valence-corrected chi connectivity index (χ2v) is 4.61. The fourth-order valence-corrected chi connectivity index (χ4v) is 2.41. The molecule has 0 bridgehead atoms. The molecule has 1 aromatic heterocycles. The monoisotopic (exact) mass is 230 g/mol. The predicted octanol–water partition coefficient (Wildman–Crippen LogP) is 2.95. The van der Waals surface area contributed by atoms with Crippen LogP contribution in [0.4, 0.5) is 4.39 Å². The summed E-state index contributed by atoms with van der Waals surface area (Å²) in [5.74, 6) is 1.01. The highest BCUT2D eigenvalue weighted by molar-refractivity contribution is 5.22. The molecule has 0 unspecified atom stereocenters. The Hall–Kier alpha value is -1.64. The Morgan fingerprint density at radius 1 is 1.29 bits per heavy atom. The molecule has 0 saturated heterocycles. The van der Waals surface area contributed by atoms with E-state index in [1.165, 1.54) is 24.7 Å². The quantitative estimate of drug-likeness (QED) is 0.775. The minimum absolute atomic E-state index is 0.175. The normalized spacial score (nSPS) is 14.6. The van der Waals surface area contributed by atoms with Gasteiger partial charge in [-0.3, -0.25) is 0 Å². The van der Waals surface area contributed by atoms with Crippen LogP contribution in [0.5, 0.6) is 0 Å². The van der Waals surface area contributed by atoms with Crippen molar-refractivity contribution in [1.82, 2.24) is 9.55 Å². The van der Waals surface area contributed by atoms with Gasteiger partial charge in [-0.2, -0.15) is 0 Å². The first-order chi connectivity index (χ1) is 8.31. The molecule has 17 heavy (non-hydrogen) atoms. The second-order valence-electron chi connectivity index (χ2n) is 4.61. The number of nitrogens with zero attached hydrogens (tertiary/aromatic N) is 2. The molecule has 3 rings (SSSR count). The molecular weight excluding hydrogens is 215 g/mol. The first-order valence-corrected chi connectivity index (χ1v) is 6.10. The summed E-state index contributed by atoms with van der Waals surface area (Å²) >= 11 is 0. The SMILES string of the molecule is Fc1cccc(Cc2cn3c(n2)CCCC3)c1. The highest BCUT2D eigenvalue weighted by Gasteiger charge is 2.12. The van der Waals surface area contributed by atoms with E-state index in [0.717, 1.165) is 30.6 Å². The molecule has 0 spiro atoms. The lowest BCUT2D eigenvalue weighted by atomic mass is 10.1. The number of imidazole rings is 1. The third-order valence-electron chi connectivity index (χ3n) is 3.23. The predicted molar refractivity (Wildman–Crippen MR) is 64.4 cm³/mol. The van der Waals surface area contributed by atoms with Gasteiger partial charge in [0, 0.05) is 25.6 Å². The Balaban J connectivity index is 1.83. The average Bonchev–Trinajstić information content (AvgIpc) is 2.71. The fourth-order valence-electron chi connectivity index (χ4n) is 2.41. The van der Waals surface area contributed by atoms with Gasteiger partial charge in [0.2, 0.25) is 0 Å². The molecule has 0 aliphatic carbocycles. The van der Waals surface area contributed by atoms with Crippen LogP contribution >= 0.6 is 0 Å². The molecule has 1 aromatic carbocycles. The summed E-state index contributed by atoms with van der Waals surface area (Å²) < 4.78 is 15.3. The molecule has 0 atom stereocenters. The summed E-state index contributed by atoms with van der Waals surface area (Å²) in [6.45, 7) is 1.07. The van der Waals surface area contributed by atoms with Crippen molar-refractivity contribution in [3.8, 4) is 0 Å². The molecule has 0 radical (unpaired) electrons. The summed E-state index contributed by atoms with van der Waals surface area (Å²) in [6, 6.07) is 6.75. The second kappa shape index (κ2) is 4.32. The molecule has 2 nitrogen and oxygen atoms in total. The number of rotatable bonds is 2. The maximum absolute atomic E-state index is 13.1. The van der Waals surface area contributed by atoms with E-state index in [2.05, 4.69) is 15.7 Å². The first-order valence-electron chi connectivity index (χ1n) is 6.10. The molecule has 88 valence electrons. The number of hydrogen-bond donors (Lipinski definition) is 0. The largest absolute Gasteiger partial charge is 0.335 e. The van der Waals surface area contributed by atoms with Gasteiger partial charge >= 0.3 is 0 Å². The third kappa shape index (κ3) is 2.23. The topological polar surface area (TPSA) is 17.8 Å². The van der Waals surface area contributed by atoms with Gasteiger partial charge < -0.3 is 4.57 Å². The summed E-state index contributed by atoms with van der Waals surface area (Å²) in [7, 11) is 0. The van der Waals surface area contributed by atoms with Crippen molar-refractivity contribution in [3.63, 3.8) is 0 Å². The Morgan fingerprint density at radius 3 is 3.06 bits per heavy atom. The lowest BCUT2D eigenvalue weighted by Crippen LogP contribution is -2.08. The number of hydrogen-bond acceptors (Lipinski definition) is 1. The number of halogens is 1. The van der Waals surface area contributed by atoms with Crippen LogP contribution in [-0.2, 0) is 19.4 Å². The van der Waals surface area contributed by atoms with E-state index < -0.39 is 0 Å². The summed E-state index contributed by atoms with van der Waals surface area (Å²) in [5, 5.41) is 0. The summed E-state index contributed by atoms with van der Waals surface area (Å²) in [6.07, 6.45) is 6.37. The minimum atomic E-state index is -0.175. The third-order valence-corrected chi connectivity index (χ3v) is 3.23. The van der Waals surface area contributed by atoms with Crippen molar-refractivity contribution >= 4 is 0 Å². The van der Waals surface area contributed by atoms with Gasteiger partial charge in [0.15, 0.2) is 0 Å². The van der Waals surface area contributed by atoms with E-state index >= 15 is 0 Å². The maximum atomic E-state index is 13.1. The van der Waals surface area contributed by atoms with Crippen molar-refractivity contribution < 1.29 is 4.39 Å². The van der Waals surface area contributed by atoms with Crippen LogP contribution in [-0.4, -0.2) is 9.55 Å². The molecule has 0 amide bonds. The van der Waals surface area contributed by atoms with Crippen molar-refractivity contribution in [2.45, 2.75) is 32.2 Å². The van der Waals surface area contributed by atoms with Crippen LogP contribution in [0.2, 0.25) is 0 Å². The highest BCUT2D eigenvalue weighted by Crippen LogP contribution is 2.17. The van der Waals surface area contributed by atoms with Gasteiger partial charge in [-0.05, 0) is 30.5 Å². The van der Waals surface area contributed by atoms with E-state index in [1.807, 2.05) is 6.07 Å². The van der Waals surface area contributed by atoms with Gasteiger partial charge in [0.05, 0.1) is 5.69 Å². The highest BCUT2D eigenvalue weighted by atomic mass is 19.1. The van der Waals surface area contributed by atoms with Crippen LogP contribution in [0.25, 0.3) is 0 Å². The summed E-state index contributed by atoms with van der Waals surface area (Å²) in [5.41, 5.74) is 2.04. The zero-order valence-corrected chi connectivity index (χ0v) is 9.69. The van der Waals surface area contributed by atoms with Crippen LogP contribution in [0.1, 0.15) is 29.9 Å². The number of aromatic nitrogens is 2. The molecule has 0 N–H and O–H groups in total. The van der Waals surface area contributed by atoms with Crippen LogP contribution in [0, 0.1) is 5.82 Å². The Morgan fingerprint density at radius 2 is 2.24 bits per heavy atom. The molecule has 2 aromatic rings. The Bertz CT molecular complexity index is 507. The van der Waals surface area contributed by atoms with Crippen molar-refractivity contribution in [2.24, 2.45) is 0 Å². The van der Waals surface area contributed by atoms with Gasteiger partial charge in [-0.1, -0.05) is 12.1 Å². The zero-order chi connectivity index (χ0) is 11.7. The minimum Gasteiger partial charge on any atom is -0.335 e. The maximum Gasteiger partial charge on any atom is 0.123 e. The zero-order valence-electron chi connectivity index (χ0n) is 9.69. The van der Waals surface area contributed by atoms with Gasteiger partial charge in [-0.15, -0.1) is 0 Å². The van der Waals surface area contributed by atoms with Crippen molar-refractivity contribution in [1.29, 1.82) is 0 Å². The van der Waals surface area contributed by atoms with E-state index in [-0.39, 0.29) is 5.82 Å². The van der Waals surface area contributed by atoms with Crippen LogP contribution in [0.15, 0.2) is 30.5 Å². The van der Waals surface area contributed by atoms with Crippen molar-refractivity contribution in [2.75, 3.05) is 0 Å². The smallest absolute Gasteiger partial charge is 0.123 e. The fraction of sp³-hybridized carbons (Fsp3) is 0.357. The Labute approximate surface area is 100 Å². The van der Waals surface area contributed by atoms with Crippen LogP contribution < -0.4 is 0 Å². The first kappa shape index (κ1) is 10.5. The van der Waals surface area contributed by atoms with E-state index in [0.29, 0.717) is 0 Å². The van der Waals surface area contributed by atoms with E-state index in [4.69, 9.17) is 0 Å².